The van der Waals surface area contributed by atoms with Crippen LogP contribution in [0.15, 0.2) is 0 Å². The summed E-state index contributed by atoms with van der Waals surface area (Å²) in [5.41, 5.74) is 0. The molecule has 0 radical (unpaired) electrons. The maximum absolute atomic E-state index is 2.58. The van der Waals surface area contributed by atoms with Crippen LogP contribution in [0.4, 0.5) is 0 Å². The molecule has 0 unspecified atom stereocenters. The highest BCUT2D eigenvalue weighted by Gasteiger charge is 2.08. The first-order valence-corrected chi connectivity index (χ1v) is 7.51. The summed E-state index contributed by atoms with van der Waals surface area (Å²) in [4.78, 5) is 9.56. The number of rotatable bonds is 11. The predicted molar refractivity (Wildman–Crippen MR) is 85.9 cm³/mol. The van der Waals surface area contributed by atoms with E-state index in [1.165, 1.54) is 19.6 Å². The van der Waals surface area contributed by atoms with Gasteiger partial charge in [0.1, 0.15) is 0 Å². The summed E-state index contributed by atoms with van der Waals surface area (Å²) in [6.07, 6.45) is 0. The van der Waals surface area contributed by atoms with Gasteiger partial charge in [-0.1, -0.05) is 13.8 Å². The van der Waals surface area contributed by atoms with Crippen LogP contribution in [0.2, 0.25) is 0 Å². The van der Waals surface area contributed by atoms with E-state index in [1.807, 2.05) is 0 Å². The average molecular weight is 272 g/mol. The first-order chi connectivity index (χ1) is 8.81. The van der Waals surface area contributed by atoms with Gasteiger partial charge in [0.05, 0.1) is 0 Å². The van der Waals surface area contributed by atoms with Crippen molar-refractivity contribution in [2.75, 3.05) is 81.1 Å². The summed E-state index contributed by atoms with van der Waals surface area (Å²) in [6.45, 7) is 12.7. The number of hydrogen-bond donors (Lipinski definition) is 0. The van der Waals surface area contributed by atoms with Crippen LogP contribution in [0, 0.1) is 5.92 Å². The Labute approximate surface area is 121 Å². The van der Waals surface area contributed by atoms with Gasteiger partial charge in [0.2, 0.25) is 0 Å². The van der Waals surface area contributed by atoms with Crippen molar-refractivity contribution in [2.45, 2.75) is 13.8 Å². The van der Waals surface area contributed by atoms with Gasteiger partial charge in [0.25, 0.3) is 0 Å². The van der Waals surface area contributed by atoms with Crippen LogP contribution in [0.3, 0.4) is 0 Å². The van der Waals surface area contributed by atoms with Crippen molar-refractivity contribution < 1.29 is 0 Å². The van der Waals surface area contributed by atoms with Gasteiger partial charge >= 0.3 is 0 Å². The van der Waals surface area contributed by atoms with Crippen LogP contribution in [0.5, 0.6) is 0 Å². The summed E-state index contributed by atoms with van der Waals surface area (Å²) >= 11 is 0. The standard InChI is InChI=1S/C15H36N4/c1-15(2)14-18(7)10-13-19(11-8-16(3)4)12-9-17(5)6/h15H,8-14H2,1-7H3. The normalized spacial score (nSPS) is 12.6. The minimum atomic E-state index is 0.752. The van der Waals surface area contributed by atoms with Gasteiger partial charge in [-0.25, -0.2) is 0 Å². The Morgan fingerprint density at radius 1 is 0.632 bits per heavy atom. The molecule has 19 heavy (non-hydrogen) atoms. The molecule has 0 aliphatic heterocycles. The zero-order chi connectivity index (χ0) is 14.8. The fourth-order valence-corrected chi connectivity index (χ4v) is 2.05. The van der Waals surface area contributed by atoms with E-state index in [1.54, 1.807) is 0 Å². The summed E-state index contributed by atoms with van der Waals surface area (Å²) in [5, 5.41) is 0. The lowest BCUT2D eigenvalue weighted by atomic mass is 10.2. The molecule has 0 aliphatic rings. The highest BCUT2D eigenvalue weighted by Crippen LogP contribution is 1.97. The van der Waals surface area contributed by atoms with Crippen LogP contribution in [-0.4, -0.2) is 101 Å². The summed E-state index contributed by atoms with van der Waals surface area (Å²) in [5.74, 6) is 0.752. The molecule has 0 aliphatic carbocycles. The lowest BCUT2D eigenvalue weighted by Crippen LogP contribution is -2.41. The minimum absolute atomic E-state index is 0.752. The monoisotopic (exact) mass is 272 g/mol. The maximum atomic E-state index is 2.58. The Hall–Kier alpha value is -0.160. The molecule has 4 nitrogen and oxygen atoms in total. The summed E-state index contributed by atoms with van der Waals surface area (Å²) in [7, 11) is 10.8. The minimum Gasteiger partial charge on any atom is -0.308 e. The lowest BCUT2D eigenvalue weighted by Gasteiger charge is -2.28. The van der Waals surface area contributed by atoms with Crippen molar-refractivity contribution >= 4 is 0 Å². The van der Waals surface area contributed by atoms with Crippen molar-refractivity contribution in [1.29, 1.82) is 0 Å². The Kier molecular flexibility index (Phi) is 10.5. The van der Waals surface area contributed by atoms with Gasteiger partial charge < -0.3 is 14.7 Å². The third-order valence-electron chi connectivity index (χ3n) is 3.20. The van der Waals surface area contributed by atoms with E-state index in [0.717, 1.165) is 32.1 Å². The van der Waals surface area contributed by atoms with Gasteiger partial charge in [-0.05, 0) is 41.2 Å². The molecular formula is C15H36N4. The molecule has 0 saturated heterocycles. The van der Waals surface area contributed by atoms with Crippen LogP contribution >= 0.6 is 0 Å². The second-order valence-corrected chi connectivity index (χ2v) is 6.60. The van der Waals surface area contributed by atoms with Crippen LogP contribution in [0.1, 0.15) is 13.8 Å². The molecule has 0 amide bonds. The summed E-state index contributed by atoms with van der Waals surface area (Å²) in [6, 6.07) is 0. The lowest BCUT2D eigenvalue weighted by molar-refractivity contribution is 0.187. The topological polar surface area (TPSA) is 13.0 Å². The smallest absolute Gasteiger partial charge is 0.0110 e. The molecule has 0 aromatic heterocycles. The molecule has 0 aromatic carbocycles. The molecule has 0 spiro atoms. The van der Waals surface area contributed by atoms with Crippen LogP contribution < -0.4 is 0 Å². The third-order valence-corrected chi connectivity index (χ3v) is 3.20. The summed E-state index contributed by atoms with van der Waals surface area (Å²) < 4.78 is 0. The highest BCUT2D eigenvalue weighted by atomic mass is 15.2. The average Bonchev–Trinajstić information content (AvgIpc) is 2.26. The van der Waals surface area contributed by atoms with Gasteiger partial charge in [-0.15, -0.1) is 0 Å². The molecule has 0 saturated carbocycles. The quantitative estimate of drug-likeness (QED) is 0.556. The van der Waals surface area contributed by atoms with Gasteiger partial charge in [-0.3, -0.25) is 4.90 Å². The van der Waals surface area contributed by atoms with Crippen molar-refractivity contribution in [3.05, 3.63) is 0 Å². The predicted octanol–water partition coefficient (Wildman–Crippen LogP) is 0.999. The molecular weight excluding hydrogens is 236 g/mol. The molecule has 0 atom stereocenters. The molecule has 0 aromatic rings. The van der Waals surface area contributed by atoms with Gasteiger partial charge in [0, 0.05) is 45.8 Å². The van der Waals surface area contributed by atoms with Crippen molar-refractivity contribution in [2.24, 2.45) is 5.92 Å². The second-order valence-electron chi connectivity index (χ2n) is 6.60. The molecule has 116 valence electrons. The van der Waals surface area contributed by atoms with E-state index in [0.29, 0.717) is 0 Å². The first kappa shape index (κ1) is 18.8. The maximum Gasteiger partial charge on any atom is 0.0110 e. The Balaban J connectivity index is 4.02. The van der Waals surface area contributed by atoms with E-state index in [2.05, 4.69) is 68.7 Å². The molecule has 0 bridgehead atoms. The van der Waals surface area contributed by atoms with Gasteiger partial charge in [0.15, 0.2) is 0 Å². The zero-order valence-electron chi connectivity index (χ0n) is 14.3. The van der Waals surface area contributed by atoms with Crippen molar-refractivity contribution in [3.63, 3.8) is 0 Å². The fourth-order valence-electron chi connectivity index (χ4n) is 2.05. The van der Waals surface area contributed by atoms with E-state index < -0.39 is 0 Å². The number of likely N-dealkylation sites (N-methyl/N-ethyl adjacent to an activating group) is 3. The second kappa shape index (κ2) is 10.6. The zero-order valence-corrected chi connectivity index (χ0v) is 14.3. The number of nitrogens with zero attached hydrogens (tertiary/aromatic N) is 4. The first-order valence-electron chi connectivity index (χ1n) is 7.51. The molecule has 0 fully saturated rings. The molecule has 0 rings (SSSR count). The van der Waals surface area contributed by atoms with E-state index >= 15 is 0 Å². The Bertz CT molecular complexity index is 192. The fraction of sp³-hybridized carbons (Fsp3) is 1.00. The van der Waals surface area contributed by atoms with Crippen LogP contribution in [-0.2, 0) is 0 Å². The highest BCUT2D eigenvalue weighted by molar-refractivity contribution is 4.65. The van der Waals surface area contributed by atoms with Crippen LogP contribution in [0.25, 0.3) is 0 Å². The Morgan fingerprint density at radius 3 is 1.42 bits per heavy atom. The molecule has 0 N–H and O–H groups in total. The molecule has 4 heteroatoms. The number of hydrogen-bond acceptors (Lipinski definition) is 4. The van der Waals surface area contributed by atoms with Crippen molar-refractivity contribution in [3.8, 4) is 0 Å². The molecule has 0 heterocycles. The largest absolute Gasteiger partial charge is 0.308 e. The third kappa shape index (κ3) is 12.6. The SMILES string of the molecule is CC(C)CN(C)CCN(CCN(C)C)CCN(C)C. The van der Waals surface area contributed by atoms with Gasteiger partial charge in [-0.2, -0.15) is 0 Å². The van der Waals surface area contributed by atoms with E-state index in [-0.39, 0.29) is 0 Å². The van der Waals surface area contributed by atoms with E-state index in [9.17, 15) is 0 Å². The van der Waals surface area contributed by atoms with Crippen molar-refractivity contribution in [1.82, 2.24) is 19.6 Å². The van der Waals surface area contributed by atoms with E-state index in [4.69, 9.17) is 0 Å². The Morgan fingerprint density at radius 2 is 1.05 bits per heavy atom.